The number of nitrogens with zero attached hydrogens (tertiary/aromatic N) is 5. The maximum absolute atomic E-state index is 13.4. The first-order valence-electron chi connectivity index (χ1n) is 12.2. The minimum atomic E-state index is -0.410. The first-order chi connectivity index (χ1) is 17.1. The zero-order chi connectivity index (χ0) is 24.2. The van der Waals surface area contributed by atoms with Crippen LogP contribution in [0.25, 0.3) is 10.9 Å². The molecule has 8 nitrogen and oxygen atoms in total. The van der Waals surface area contributed by atoms with Gasteiger partial charge in [-0.25, -0.2) is 9.07 Å². The number of aromatic amines is 1. The lowest BCUT2D eigenvalue weighted by Crippen LogP contribution is -2.36. The second kappa shape index (κ2) is 10.4. The molecular formula is C26H29FN6O2. The first kappa shape index (κ1) is 23.2. The van der Waals surface area contributed by atoms with Crippen molar-refractivity contribution >= 4 is 10.9 Å². The van der Waals surface area contributed by atoms with Crippen LogP contribution in [-0.2, 0) is 6.54 Å². The molecule has 35 heavy (non-hydrogen) atoms. The molecule has 0 spiro atoms. The van der Waals surface area contributed by atoms with E-state index >= 15 is 0 Å². The molecule has 0 unspecified atom stereocenters. The lowest BCUT2D eigenvalue weighted by atomic mass is 10.0. The van der Waals surface area contributed by atoms with E-state index in [9.17, 15) is 9.18 Å². The summed E-state index contributed by atoms with van der Waals surface area (Å²) < 4.78 is 20.8. The van der Waals surface area contributed by atoms with Gasteiger partial charge in [0, 0.05) is 16.5 Å². The number of pyridine rings is 1. The zero-order valence-electron chi connectivity index (χ0n) is 19.8. The van der Waals surface area contributed by atoms with Crippen molar-refractivity contribution in [2.75, 3.05) is 19.7 Å². The molecule has 1 N–H and O–H groups in total. The van der Waals surface area contributed by atoms with Gasteiger partial charge in [0.15, 0.2) is 5.82 Å². The molecule has 0 radical (unpaired) electrons. The van der Waals surface area contributed by atoms with E-state index in [1.807, 2.05) is 31.2 Å². The fourth-order valence-electron chi connectivity index (χ4n) is 4.80. The smallest absolute Gasteiger partial charge is 0.253 e. The van der Waals surface area contributed by atoms with E-state index in [1.165, 1.54) is 12.1 Å². The molecule has 1 aliphatic rings. The summed E-state index contributed by atoms with van der Waals surface area (Å²) >= 11 is 0. The summed E-state index contributed by atoms with van der Waals surface area (Å²) in [6.45, 7) is 4.59. The number of aromatic nitrogens is 5. The molecule has 4 aromatic rings. The van der Waals surface area contributed by atoms with E-state index in [0.29, 0.717) is 24.5 Å². The van der Waals surface area contributed by atoms with Crippen molar-refractivity contribution in [2.24, 2.45) is 0 Å². The van der Waals surface area contributed by atoms with Crippen LogP contribution in [0.15, 0.2) is 53.3 Å². The summed E-state index contributed by atoms with van der Waals surface area (Å²) in [5.74, 6) is 1.06. The molecule has 2 aromatic heterocycles. The Kier molecular flexibility index (Phi) is 6.85. The lowest BCUT2D eigenvalue weighted by Gasteiger charge is -2.29. The van der Waals surface area contributed by atoms with Crippen molar-refractivity contribution in [1.29, 1.82) is 0 Å². The van der Waals surface area contributed by atoms with Gasteiger partial charge in [0.25, 0.3) is 5.56 Å². The average molecular weight is 477 g/mol. The molecule has 1 fully saturated rings. The van der Waals surface area contributed by atoms with E-state index in [-0.39, 0.29) is 11.4 Å². The fourth-order valence-corrected chi connectivity index (χ4v) is 4.80. The highest BCUT2D eigenvalue weighted by atomic mass is 19.1. The number of fused-ring (bicyclic) bond motifs is 1. The highest BCUT2D eigenvalue weighted by Crippen LogP contribution is 2.30. The number of benzene rings is 2. The predicted molar refractivity (Wildman–Crippen MR) is 131 cm³/mol. The van der Waals surface area contributed by atoms with Crippen LogP contribution in [0.5, 0.6) is 5.75 Å². The zero-order valence-corrected chi connectivity index (χ0v) is 19.8. The molecule has 182 valence electrons. The third-order valence-corrected chi connectivity index (χ3v) is 6.51. The molecule has 0 saturated carbocycles. The Bertz CT molecular complexity index is 1340. The maximum Gasteiger partial charge on any atom is 0.253 e. The number of nitrogens with one attached hydrogen (secondary N) is 1. The van der Waals surface area contributed by atoms with Gasteiger partial charge in [0.05, 0.1) is 13.2 Å². The van der Waals surface area contributed by atoms with Crippen molar-refractivity contribution in [3.63, 3.8) is 0 Å². The van der Waals surface area contributed by atoms with Crippen LogP contribution >= 0.6 is 0 Å². The SMILES string of the molecule is CCOc1ccc2[nH]c(=O)c([C@H](c3nnnn3Cc3ccc(F)cc3)N3CCCCCC3)cc2c1. The molecule has 0 amide bonds. The Labute approximate surface area is 202 Å². The van der Waals surface area contributed by atoms with Crippen molar-refractivity contribution in [1.82, 2.24) is 30.1 Å². The third-order valence-electron chi connectivity index (χ3n) is 6.51. The van der Waals surface area contributed by atoms with Crippen LogP contribution in [0.2, 0.25) is 0 Å². The van der Waals surface area contributed by atoms with Gasteiger partial charge in [-0.3, -0.25) is 9.69 Å². The van der Waals surface area contributed by atoms with Crippen LogP contribution in [0.4, 0.5) is 4.39 Å². The van der Waals surface area contributed by atoms with Gasteiger partial charge < -0.3 is 9.72 Å². The summed E-state index contributed by atoms with van der Waals surface area (Å²) in [5.41, 5.74) is 2.07. The molecule has 0 aliphatic carbocycles. The van der Waals surface area contributed by atoms with Gasteiger partial charge in [0.2, 0.25) is 0 Å². The summed E-state index contributed by atoms with van der Waals surface area (Å²) in [6.07, 6.45) is 4.43. The van der Waals surface area contributed by atoms with E-state index in [4.69, 9.17) is 4.74 Å². The number of H-pyrrole nitrogens is 1. The largest absolute Gasteiger partial charge is 0.494 e. The molecule has 5 rings (SSSR count). The fraction of sp³-hybridized carbons (Fsp3) is 0.385. The highest BCUT2D eigenvalue weighted by Gasteiger charge is 2.31. The first-order valence-corrected chi connectivity index (χ1v) is 12.2. The number of hydrogen-bond donors (Lipinski definition) is 1. The van der Waals surface area contributed by atoms with Crippen LogP contribution in [0, 0.1) is 5.82 Å². The maximum atomic E-state index is 13.4. The highest BCUT2D eigenvalue weighted by molar-refractivity contribution is 5.80. The van der Waals surface area contributed by atoms with E-state index < -0.39 is 6.04 Å². The number of ether oxygens (including phenoxy) is 1. The van der Waals surface area contributed by atoms with E-state index in [2.05, 4.69) is 25.4 Å². The van der Waals surface area contributed by atoms with Crippen molar-refractivity contribution < 1.29 is 9.13 Å². The van der Waals surface area contributed by atoms with Crippen LogP contribution in [-0.4, -0.2) is 49.8 Å². The molecule has 1 saturated heterocycles. The average Bonchev–Trinajstić information content (AvgIpc) is 3.13. The Morgan fingerprint density at radius 1 is 1.06 bits per heavy atom. The lowest BCUT2D eigenvalue weighted by molar-refractivity contribution is 0.220. The van der Waals surface area contributed by atoms with Crippen molar-refractivity contribution in [3.8, 4) is 5.75 Å². The quantitative estimate of drug-likeness (QED) is 0.433. The molecule has 3 heterocycles. The number of hydrogen-bond acceptors (Lipinski definition) is 6. The third kappa shape index (κ3) is 5.09. The Morgan fingerprint density at radius 3 is 2.57 bits per heavy atom. The molecular weight excluding hydrogens is 447 g/mol. The normalized spacial score (nSPS) is 15.7. The Hall–Kier alpha value is -3.59. The summed E-state index contributed by atoms with van der Waals surface area (Å²) in [5, 5.41) is 13.5. The number of likely N-dealkylation sites (tertiary alicyclic amines) is 1. The number of halogens is 1. The molecule has 1 atom stereocenters. The van der Waals surface area contributed by atoms with Crippen molar-refractivity contribution in [3.05, 3.63) is 81.7 Å². The minimum Gasteiger partial charge on any atom is -0.494 e. The van der Waals surface area contributed by atoms with Gasteiger partial charge in [0.1, 0.15) is 17.6 Å². The standard InChI is InChI=1S/C26H29FN6O2/c1-2-35-21-11-12-23-19(15-21)16-22(26(34)28-23)24(32-13-5-3-4-6-14-32)25-29-30-31-33(25)17-18-7-9-20(27)10-8-18/h7-12,15-16,24H,2-6,13-14,17H2,1H3,(H,28,34)/t24-/m1/s1. The summed E-state index contributed by atoms with van der Waals surface area (Å²) in [7, 11) is 0. The van der Waals surface area contributed by atoms with Gasteiger partial charge >= 0.3 is 0 Å². The van der Waals surface area contributed by atoms with E-state index in [0.717, 1.165) is 61.0 Å². The molecule has 2 aromatic carbocycles. The minimum absolute atomic E-state index is 0.160. The topological polar surface area (TPSA) is 88.9 Å². The van der Waals surface area contributed by atoms with Gasteiger partial charge in [-0.15, -0.1) is 5.10 Å². The predicted octanol–water partition coefficient (Wildman–Crippen LogP) is 4.07. The Morgan fingerprint density at radius 2 is 1.83 bits per heavy atom. The van der Waals surface area contributed by atoms with Crippen LogP contribution in [0.3, 0.4) is 0 Å². The van der Waals surface area contributed by atoms with Gasteiger partial charge in [-0.2, -0.15) is 0 Å². The van der Waals surface area contributed by atoms with Crippen LogP contribution in [0.1, 0.15) is 55.6 Å². The van der Waals surface area contributed by atoms with Gasteiger partial charge in [-0.05, 0) is 85.2 Å². The van der Waals surface area contributed by atoms with Crippen LogP contribution < -0.4 is 10.3 Å². The molecule has 1 aliphatic heterocycles. The van der Waals surface area contributed by atoms with E-state index in [1.54, 1.807) is 16.8 Å². The monoisotopic (exact) mass is 476 g/mol. The summed E-state index contributed by atoms with van der Waals surface area (Å²) in [6, 6.07) is 13.5. The Balaban J connectivity index is 1.60. The molecule has 9 heteroatoms. The number of rotatable bonds is 7. The molecule has 0 bridgehead atoms. The van der Waals surface area contributed by atoms with Crippen molar-refractivity contribution in [2.45, 2.75) is 45.2 Å². The number of tetrazole rings is 1. The van der Waals surface area contributed by atoms with Gasteiger partial charge in [-0.1, -0.05) is 25.0 Å². The second-order valence-electron chi connectivity index (χ2n) is 8.91. The second-order valence-corrected chi connectivity index (χ2v) is 8.91. The summed E-state index contributed by atoms with van der Waals surface area (Å²) in [4.78, 5) is 18.7.